The van der Waals surface area contributed by atoms with Crippen molar-refractivity contribution in [1.29, 1.82) is 0 Å². The summed E-state index contributed by atoms with van der Waals surface area (Å²) in [6.45, 7) is 3.44. The number of carbonyl (C=O) groups is 2. The van der Waals surface area contributed by atoms with E-state index in [4.69, 9.17) is 4.74 Å². The molecule has 0 aromatic rings. The summed E-state index contributed by atoms with van der Waals surface area (Å²) in [6.07, 6.45) is 1.82. The molecule has 6 nitrogen and oxygen atoms in total. The van der Waals surface area contributed by atoms with Crippen LogP contribution in [-0.4, -0.2) is 73.1 Å². The van der Waals surface area contributed by atoms with Crippen LogP contribution < -0.4 is 5.32 Å². The van der Waals surface area contributed by atoms with Gasteiger partial charge in [0, 0.05) is 32.2 Å². The molecule has 0 unspecified atom stereocenters. The summed E-state index contributed by atoms with van der Waals surface area (Å²) in [5, 5.41) is 3.14. The van der Waals surface area contributed by atoms with Crippen molar-refractivity contribution >= 4 is 11.8 Å². The molecule has 1 saturated carbocycles. The molecule has 1 atom stereocenters. The van der Waals surface area contributed by atoms with Gasteiger partial charge in [-0.15, -0.1) is 0 Å². The molecule has 1 N–H and O–H groups in total. The Bertz CT molecular complexity index is 350. The van der Waals surface area contributed by atoms with E-state index in [0.717, 1.165) is 19.4 Å². The van der Waals surface area contributed by atoms with Crippen molar-refractivity contribution in [1.82, 2.24) is 15.1 Å². The molecule has 3 aliphatic rings. The van der Waals surface area contributed by atoms with Crippen LogP contribution in [0.3, 0.4) is 0 Å². The molecule has 18 heavy (non-hydrogen) atoms. The largest absolute Gasteiger partial charge is 0.366 e. The Morgan fingerprint density at radius 1 is 1.33 bits per heavy atom. The lowest BCUT2D eigenvalue weighted by atomic mass is 10.2. The Kier molecular flexibility index (Phi) is 3.22. The fourth-order valence-electron chi connectivity index (χ4n) is 2.57. The molecule has 3 rings (SSSR count). The van der Waals surface area contributed by atoms with Gasteiger partial charge >= 0.3 is 0 Å². The van der Waals surface area contributed by atoms with Crippen molar-refractivity contribution < 1.29 is 14.3 Å². The third-order valence-corrected chi connectivity index (χ3v) is 3.76. The maximum atomic E-state index is 12.2. The van der Waals surface area contributed by atoms with Gasteiger partial charge in [0.25, 0.3) is 5.91 Å². The van der Waals surface area contributed by atoms with Gasteiger partial charge in [-0.2, -0.15) is 0 Å². The molecule has 2 saturated heterocycles. The Balaban J connectivity index is 1.56. The predicted octanol–water partition coefficient (Wildman–Crippen LogP) is -1.19. The van der Waals surface area contributed by atoms with Crippen LogP contribution in [0, 0.1) is 0 Å². The molecule has 2 amide bonds. The van der Waals surface area contributed by atoms with Crippen LogP contribution in [0.4, 0.5) is 0 Å². The zero-order valence-electron chi connectivity index (χ0n) is 10.4. The Morgan fingerprint density at radius 2 is 2.17 bits per heavy atom. The molecule has 0 aromatic heterocycles. The summed E-state index contributed by atoms with van der Waals surface area (Å²) < 4.78 is 5.44. The number of morpholine rings is 1. The molecule has 3 fully saturated rings. The van der Waals surface area contributed by atoms with Gasteiger partial charge in [0.05, 0.1) is 13.2 Å². The van der Waals surface area contributed by atoms with Crippen molar-refractivity contribution in [2.24, 2.45) is 0 Å². The lowest BCUT2D eigenvalue weighted by Gasteiger charge is -2.36. The minimum absolute atomic E-state index is 0.0500. The smallest absolute Gasteiger partial charge is 0.253 e. The summed E-state index contributed by atoms with van der Waals surface area (Å²) in [5.74, 6) is 0.0341. The highest BCUT2D eigenvalue weighted by Gasteiger charge is 2.38. The van der Waals surface area contributed by atoms with Crippen LogP contribution in [0.15, 0.2) is 0 Å². The maximum Gasteiger partial charge on any atom is 0.253 e. The first-order valence-electron chi connectivity index (χ1n) is 6.66. The first kappa shape index (κ1) is 11.9. The lowest BCUT2D eigenvalue weighted by molar-refractivity contribution is -0.153. The zero-order valence-corrected chi connectivity index (χ0v) is 10.4. The fourth-order valence-corrected chi connectivity index (χ4v) is 2.57. The highest BCUT2D eigenvalue weighted by Crippen LogP contribution is 2.28. The van der Waals surface area contributed by atoms with Crippen LogP contribution in [0.5, 0.6) is 0 Å². The van der Waals surface area contributed by atoms with E-state index in [9.17, 15) is 9.59 Å². The second-order valence-corrected chi connectivity index (χ2v) is 5.14. The first-order chi connectivity index (χ1) is 8.75. The maximum absolute atomic E-state index is 12.2. The second-order valence-electron chi connectivity index (χ2n) is 5.14. The number of piperazine rings is 1. The third kappa shape index (κ3) is 2.35. The number of amides is 2. The molecule has 2 heterocycles. The van der Waals surface area contributed by atoms with Gasteiger partial charge in [0.15, 0.2) is 0 Å². The van der Waals surface area contributed by atoms with Crippen molar-refractivity contribution in [3.63, 3.8) is 0 Å². The Hall–Kier alpha value is -1.14. The molecule has 1 aliphatic carbocycles. The highest BCUT2D eigenvalue weighted by atomic mass is 16.5. The van der Waals surface area contributed by atoms with Crippen LogP contribution in [0.2, 0.25) is 0 Å². The van der Waals surface area contributed by atoms with Gasteiger partial charge in [0.1, 0.15) is 6.10 Å². The number of nitrogens with zero attached hydrogens (tertiary/aromatic N) is 2. The van der Waals surface area contributed by atoms with Gasteiger partial charge in [-0.1, -0.05) is 0 Å². The molecular formula is C12H19N3O3. The van der Waals surface area contributed by atoms with Crippen LogP contribution in [0.25, 0.3) is 0 Å². The summed E-state index contributed by atoms with van der Waals surface area (Å²) in [6, 6.07) is 0.447. The average molecular weight is 253 g/mol. The van der Waals surface area contributed by atoms with Crippen LogP contribution in [0.1, 0.15) is 12.8 Å². The first-order valence-corrected chi connectivity index (χ1v) is 6.66. The summed E-state index contributed by atoms with van der Waals surface area (Å²) >= 11 is 0. The minimum atomic E-state index is -0.418. The van der Waals surface area contributed by atoms with Crippen LogP contribution in [-0.2, 0) is 14.3 Å². The quantitative estimate of drug-likeness (QED) is 0.672. The molecule has 2 aliphatic heterocycles. The van der Waals surface area contributed by atoms with E-state index in [2.05, 4.69) is 5.32 Å². The highest BCUT2D eigenvalue weighted by molar-refractivity contribution is 5.88. The van der Waals surface area contributed by atoms with Gasteiger partial charge in [-0.25, -0.2) is 0 Å². The average Bonchev–Trinajstić information content (AvgIpc) is 3.23. The van der Waals surface area contributed by atoms with E-state index in [1.54, 1.807) is 4.90 Å². The molecule has 6 heteroatoms. The van der Waals surface area contributed by atoms with Gasteiger partial charge in [-0.3, -0.25) is 9.59 Å². The van der Waals surface area contributed by atoms with E-state index in [0.29, 0.717) is 32.3 Å². The van der Waals surface area contributed by atoms with E-state index >= 15 is 0 Å². The Labute approximate surface area is 106 Å². The molecule has 0 bridgehead atoms. The molecule has 100 valence electrons. The number of ether oxygens (including phenoxy) is 1. The van der Waals surface area contributed by atoms with Gasteiger partial charge in [0.2, 0.25) is 5.91 Å². The molecule has 0 aromatic carbocycles. The SMILES string of the molecule is O=C([C@H]1CNCCO1)N1CCN(C2CC2)C(=O)C1. The second kappa shape index (κ2) is 4.85. The Morgan fingerprint density at radius 3 is 2.78 bits per heavy atom. The van der Waals surface area contributed by atoms with Crippen molar-refractivity contribution in [3.8, 4) is 0 Å². The predicted molar refractivity (Wildman–Crippen MR) is 63.9 cm³/mol. The van der Waals surface area contributed by atoms with E-state index in [1.165, 1.54) is 0 Å². The van der Waals surface area contributed by atoms with E-state index in [1.807, 2.05) is 4.90 Å². The number of hydrogen-bond acceptors (Lipinski definition) is 4. The topological polar surface area (TPSA) is 61.9 Å². The fraction of sp³-hybridized carbons (Fsp3) is 0.833. The number of hydrogen-bond donors (Lipinski definition) is 1. The standard InChI is InChI=1S/C12H19N3O3/c16-11-8-14(4-5-15(11)9-1-2-9)12(17)10-7-13-3-6-18-10/h9-10,13H,1-8H2/t10-/m1/s1. The van der Waals surface area contributed by atoms with E-state index < -0.39 is 6.10 Å². The number of carbonyl (C=O) groups excluding carboxylic acids is 2. The third-order valence-electron chi connectivity index (χ3n) is 3.76. The normalized spacial score (nSPS) is 29.6. The molecular weight excluding hydrogens is 234 g/mol. The zero-order chi connectivity index (χ0) is 12.5. The number of nitrogens with one attached hydrogen (secondary N) is 1. The van der Waals surface area contributed by atoms with Crippen molar-refractivity contribution in [3.05, 3.63) is 0 Å². The summed E-state index contributed by atoms with van der Waals surface area (Å²) in [5.41, 5.74) is 0. The monoisotopic (exact) mass is 253 g/mol. The van der Waals surface area contributed by atoms with Crippen molar-refractivity contribution in [2.45, 2.75) is 25.0 Å². The van der Waals surface area contributed by atoms with E-state index in [-0.39, 0.29) is 18.4 Å². The lowest BCUT2D eigenvalue weighted by Crippen LogP contribution is -2.57. The van der Waals surface area contributed by atoms with Gasteiger partial charge in [-0.05, 0) is 12.8 Å². The van der Waals surface area contributed by atoms with Crippen molar-refractivity contribution in [2.75, 3.05) is 39.3 Å². The molecule has 0 spiro atoms. The van der Waals surface area contributed by atoms with Gasteiger partial charge < -0.3 is 19.9 Å². The number of rotatable bonds is 2. The summed E-state index contributed by atoms with van der Waals surface area (Å²) in [7, 11) is 0. The summed E-state index contributed by atoms with van der Waals surface area (Å²) in [4.78, 5) is 27.7. The minimum Gasteiger partial charge on any atom is -0.366 e. The molecule has 0 radical (unpaired) electrons. The van der Waals surface area contributed by atoms with Crippen LogP contribution >= 0.6 is 0 Å².